The van der Waals surface area contributed by atoms with Crippen molar-refractivity contribution in [2.75, 3.05) is 6.61 Å². The Morgan fingerprint density at radius 2 is 2.30 bits per heavy atom. The third-order valence-corrected chi connectivity index (χ3v) is 2.84. The summed E-state index contributed by atoms with van der Waals surface area (Å²) < 4.78 is 7.40. The van der Waals surface area contributed by atoms with E-state index in [9.17, 15) is 14.9 Å². The number of carbonyl (C=O) groups is 1. The van der Waals surface area contributed by atoms with Gasteiger partial charge in [0, 0.05) is 24.5 Å². The molecule has 2 aromatic rings. The SMILES string of the molecule is Cc1nccn1CCOc1ccc([N+](=O)[O-])cc1C=O. The van der Waals surface area contributed by atoms with Crippen LogP contribution in [0.2, 0.25) is 0 Å². The molecule has 0 spiro atoms. The molecule has 1 aromatic carbocycles. The number of hydrogen-bond acceptors (Lipinski definition) is 5. The number of rotatable bonds is 6. The molecule has 0 atom stereocenters. The van der Waals surface area contributed by atoms with Gasteiger partial charge in [-0.05, 0) is 13.0 Å². The number of nitrogens with zero attached hydrogens (tertiary/aromatic N) is 3. The molecule has 0 radical (unpaired) electrons. The maximum absolute atomic E-state index is 10.9. The van der Waals surface area contributed by atoms with Crippen molar-refractivity contribution < 1.29 is 14.5 Å². The van der Waals surface area contributed by atoms with Crippen molar-refractivity contribution in [1.82, 2.24) is 9.55 Å². The van der Waals surface area contributed by atoms with Crippen molar-refractivity contribution >= 4 is 12.0 Å². The molecule has 0 aliphatic heterocycles. The summed E-state index contributed by atoms with van der Waals surface area (Å²) in [4.78, 5) is 25.1. The van der Waals surface area contributed by atoms with Crippen LogP contribution < -0.4 is 4.74 Å². The Kier molecular flexibility index (Phi) is 4.09. The average Bonchev–Trinajstić information content (AvgIpc) is 2.84. The Morgan fingerprint density at radius 1 is 1.50 bits per heavy atom. The number of ether oxygens (including phenoxy) is 1. The highest BCUT2D eigenvalue weighted by Gasteiger charge is 2.11. The molecule has 0 aliphatic carbocycles. The normalized spacial score (nSPS) is 10.2. The van der Waals surface area contributed by atoms with Crippen LogP contribution in [0.3, 0.4) is 0 Å². The number of benzene rings is 1. The van der Waals surface area contributed by atoms with E-state index in [-0.39, 0.29) is 11.3 Å². The molecule has 104 valence electrons. The minimum absolute atomic E-state index is 0.134. The van der Waals surface area contributed by atoms with Crippen LogP contribution in [0, 0.1) is 17.0 Å². The summed E-state index contributed by atoms with van der Waals surface area (Å²) in [5, 5.41) is 10.6. The third-order valence-electron chi connectivity index (χ3n) is 2.84. The van der Waals surface area contributed by atoms with Crippen molar-refractivity contribution in [1.29, 1.82) is 0 Å². The maximum atomic E-state index is 10.9. The number of hydrogen-bond donors (Lipinski definition) is 0. The topological polar surface area (TPSA) is 87.3 Å². The van der Waals surface area contributed by atoms with E-state index < -0.39 is 4.92 Å². The molecule has 1 aromatic heterocycles. The number of aryl methyl sites for hydroxylation is 1. The molecule has 20 heavy (non-hydrogen) atoms. The minimum atomic E-state index is -0.550. The number of imidazole rings is 1. The van der Waals surface area contributed by atoms with Gasteiger partial charge in [0.25, 0.3) is 5.69 Å². The molecule has 0 saturated carbocycles. The highest BCUT2D eigenvalue weighted by molar-refractivity contribution is 5.80. The zero-order valence-electron chi connectivity index (χ0n) is 10.9. The van der Waals surface area contributed by atoms with Crippen LogP contribution in [0.1, 0.15) is 16.2 Å². The Hall–Kier alpha value is -2.70. The van der Waals surface area contributed by atoms with E-state index in [1.807, 2.05) is 17.7 Å². The van der Waals surface area contributed by atoms with Gasteiger partial charge < -0.3 is 9.30 Å². The summed E-state index contributed by atoms with van der Waals surface area (Å²) >= 11 is 0. The summed E-state index contributed by atoms with van der Waals surface area (Å²) in [5.74, 6) is 1.20. The van der Waals surface area contributed by atoms with Gasteiger partial charge in [-0.15, -0.1) is 0 Å². The van der Waals surface area contributed by atoms with Gasteiger partial charge in [-0.25, -0.2) is 4.98 Å². The van der Waals surface area contributed by atoms with E-state index in [0.717, 1.165) is 5.82 Å². The number of aromatic nitrogens is 2. The quantitative estimate of drug-likeness (QED) is 0.457. The number of aldehydes is 1. The smallest absolute Gasteiger partial charge is 0.270 e. The van der Waals surface area contributed by atoms with E-state index in [0.29, 0.717) is 25.2 Å². The molecule has 1 heterocycles. The second kappa shape index (κ2) is 5.96. The molecular formula is C13H13N3O4. The Bertz CT molecular complexity index is 636. The molecule has 7 nitrogen and oxygen atoms in total. The van der Waals surface area contributed by atoms with Crippen LogP contribution in [0.15, 0.2) is 30.6 Å². The lowest BCUT2D eigenvalue weighted by atomic mass is 10.2. The monoisotopic (exact) mass is 275 g/mol. The summed E-state index contributed by atoms with van der Waals surface area (Å²) in [7, 11) is 0. The fourth-order valence-corrected chi connectivity index (χ4v) is 1.77. The first-order valence-electron chi connectivity index (χ1n) is 5.96. The van der Waals surface area contributed by atoms with E-state index in [4.69, 9.17) is 4.74 Å². The minimum Gasteiger partial charge on any atom is -0.491 e. The van der Waals surface area contributed by atoms with Crippen LogP contribution in [-0.2, 0) is 6.54 Å². The van der Waals surface area contributed by atoms with Gasteiger partial charge in [-0.2, -0.15) is 0 Å². The molecule has 0 saturated heterocycles. The highest BCUT2D eigenvalue weighted by Crippen LogP contribution is 2.22. The first-order chi connectivity index (χ1) is 9.61. The third kappa shape index (κ3) is 3.00. The number of non-ortho nitro benzene ring substituents is 1. The Balaban J connectivity index is 2.04. The average molecular weight is 275 g/mol. The predicted molar refractivity (Wildman–Crippen MR) is 70.9 cm³/mol. The van der Waals surface area contributed by atoms with E-state index in [1.165, 1.54) is 18.2 Å². The fraction of sp³-hybridized carbons (Fsp3) is 0.231. The summed E-state index contributed by atoms with van der Waals surface area (Å²) in [6.45, 7) is 2.81. The van der Waals surface area contributed by atoms with E-state index >= 15 is 0 Å². The van der Waals surface area contributed by atoms with E-state index in [1.54, 1.807) is 6.20 Å². The second-order valence-electron chi connectivity index (χ2n) is 4.11. The molecule has 0 fully saturated rings. The molecule has 7 heteroatoms. The van der Waals surface area contributed by atoms with Crippen molar-refractivity contribution in [3.8, 4) is 5.75 Å². The lowest BCUT2D eigenvalue weighted by molar-refractivity contribution is -0.384. The highest BCUT2D eigenvalue weighted by atomic mass is 16.6. The van der Waals surface area contributed by atoms with Crippen LogP contribution >= 0.6 is 0 Å². The Labute approximate surface area is 115 Å². The van der Waals surface area contributed by atoms with Crippen molar-refractivity contribution in [2.45, 2.75) is 13.5 Å². The van der Waals surface area contributed by atoms with Gasteiger partial charge in [0.2, 0.25) is 0 Å². The van der Waals surface area contributed by atoms with Crippen LogP contribution in [0.5, 0.6) is 5.75 Å². The van der Waals surface area contributed by atoms with Crippen LogP contribution in [-0.4, -0.2) is 27.4 Å². The molecule has 0 N–H and O–H groups in total. The zero-order chi connectivity index (χ0) is 14.5. The van der Waals surface area contributed by atoms with Crippen molar-refractivity contribution in [2.24, 2.45) is 0 Å². The maximum Gasteiger partial charge on any atom is 0.270 e. The molecule has 0 aliphatic rings. The molecule has 2 rings (SSSR count). The molecule has 0 bridgehead atoms. The number of carbonyl (C=O) groups excluding carboxylic acids is 1. The molecular weight excluding hydrogens is 262 g/mol. The number of nitro benzene ring substituents is 1. The predicted octanol–water partition coefficient (Wildman–Crippen LogP) is 1.99. The second-order valence-corrected chi connectivity index (χ2v) is 4.11. The molecule has 0 unspecified atom stereocenters. The summed E-state index contributed by atoms with van der Waals surface area (Å²) in [6, 6.07) is 3.94. The van der Waals surface area contributed by atoms with Gasteiger partial charge in [0.1, 0.15) is 18.2 Å². The fourth-order valence-electron chi connectivity index (χ4n) is 1.77. The number of nitro groups is 1. The van der Waals surface area contributed by atoms with Gasteiger partial charge in [-0.3, -0.25) is 14.9 Å². The standard InChI is InChI=1S/C13H13N3O4/c1-10-14-4-5-15(10)6-7-20-13-3-2-12(16(18)19)8-11(13)9-17/h2-5,8-9H,6-7H2,1H3. The lowest BCUT2D eigenvalue weighted by Crippen LogP contribution is -2.09. The van der Waals surface area contributed by atoms with E-state index in [2.05, 4.69) is 4.98 Å². The van der Waals surface area contributed by atoms with Gasteiger partial charge in [0.05, 0.1) is 17.0 Å². The van der Waals surface area contributed by atoms with Crippen molar-refractivity contribution in [3.05, 3.63) is 52.1 Å². The Morgan fingerprint density at radius 3 is 2.90 bits per heavy atom. The zero-order valence-corrected chi connectivity index (χ0v) is 10.9. The largest absolute Gasteiger partial charge is 0.491 e. The van der Waals surface area contributed by atoms with Gasteiger partial charge in [-0.1, -0.05) is 0 Å². The summed E-state index contributed by atoms with van der Waals surface area (Å²) in [5.41, 5.74) is 0.0338. The lowest BCUT2D eigenvalue weighted by Gasteiger charge is -2.09. The molecule has 0 amide bonds. The van der Waals surface area contributed by atoms with Crippen molar-refractivity contribution in [3.63, 3.8) is 0 Å². The first kappa shape index (κ1) is 13.7. The van der Waals surface area contributed by atoms with Gasteiger partial charge in [0.15, 0.2) is 6.29 Å². The van der Waals surface area contributed by atoms with Gasteiger partial charge >= 0.3 is 0 Å². The van der Waals surface area contributed by atoms with Crippen LogP contribution in [0.25, 0.3) is 0 Å². The first-order valence-corrected chi connectivity index (χ1v) is 5.96. The van der Waals surface area contributed by atoms with Crippen LogP contribution in [0.4, 0.5) is 5.69 Å². The summed E-state index contributed by atoms with van der Waals surface area (Å²) in [6.07, 6.45) is 4.07.